The summed E-state index contributed by atoms with van der Waals surface area (Å²) in [6.45, 7) is 0.368. The summed E-state index contributed by atoms with van der Waals surface area (Å²) >= 11 is 6.98. The summed E-state index contributed by atoms with van der Waals surface area (Å²) in [5.41, 5.74) is 7.36. The van der Waals surface area contributed by atoms with E-state index in [2.05, 4.69) is 29.2 Å². The minimum atomic E-state index is -0.181. The lowest BCUT2D eigenvalue weighted by Crippen LogP contribution is -2.21. The molecule has 23 heavy (non-hydrogen) atoms. The Morgan fingerprint density at radius 3 is 2.61 bits per heavy atom. The highest BCUT2D eigenvalue weighted by atomic mass is 35.5. The second kappa shape index (κ2) is 8.99. The molecule has 0 amide bonds. The smallest absolute Gasteiger partial charge is 0.202 e. The highest BCUT2D eigenvalue weighted by Crippen LogP contribution is 2.20. The number of aromatic amines is 1. The average Bonchev–Trinajstić information content (AvgIpc) is 3.17. The van der Waals surface area contributed by atoms with Gasteiger partial charge in [0.05, 0.1) is 24.0 Å². The van der Waals surface area contributed by atoms with E-state index < -0.39 is 0 Å². The molecule has 0 fully saturated rings. The summed E-state index contributed by atoms with van der Waals surface area (Å²) < 4.78 is 8.03. The molecule has 1 unspecified atom stereocenters. The average molecular weight is 395 g/mol. The lowest BCUT2D eigenvalue weighted by molar-refractivity contribution is 0.730. The van der Waals surface area contributed by atoms with Crippen molar-refractivity contribution in [3.63, 3.8) is 0 Å². The maximum absolute atomic E-state index is 5.87. The zero-order valence-electron chi connectivity index (χ0n) is 11.6. The summed E-state index contributed by atoms with van der Waals surface area (Å²) in [6.07, 6.45) is 1.63. The summed E-state index contributed by atoms with van der Waals surface area (Å²) in [4.78, 5) is 4.41. The Balaban J connectivity index is 0.00000132. The number of nitrogens with two attached hydrogens (primary N) is 1. The third kappa shape index (κ3) is 4.76. The molecule has 0 spiro atoms. The molecule has 2 heterocycles. The number of anilines is 1. The Bertz CT molecular complexity index is 702. The first-order chi connectivity index (χ1) is 10.3. The van der Waals surface area contributed by atoms with Gasteiger partial charge < -0.3 is 11.1 Å². The van der Waals surface area contributed by atoms with Crippen LogP contribution in [0.5, 0.6) is 0 Å². The molecule has 3 aromatic rings. The quantitative estimate of drug-likeness (QED) is 0.614. The molecule has 0 aliphatic heterocycles. The number of aromatic nitrogens is 5. The van der Waals surface area contributed by atoms with E-state index in [1.54, 1.807) is 6.20 Å². The Morgan fingerprint density at radius 1 is 1.26 bits per heavy atom. The molecule has 0 radical (unpaired) electrons. The first-order valence-corrected chi connectivity index (χ1v) is 7.29. The lowest BCUT2D eigenvalue weighted by atomic mass is 10.2. The summed E-state index contributed by atoms with van der Waals surface area (Å²) in [6, 6.07) is 7.20. The van der Waals surface area contributed by atoms with E-state index in [1.165, 1.54) is 0 Å². The Labute approximate surface area is 154 Å². The van der Waals surface area contributed by atoms with Crippen molar-refractivity contribution in [1.29, 1.82) is 0 Å². The zero-order valence-corrected chi connectivity index (χ0v) is 14.8. The van der Waals surface area contributed by atoms with Gasteiger partial charge in [0.2, 0.25) is 5.82 Å². The largest absolute Gasteiger partial charge is 0.374 e. The number of halogens is 3. The molecule has 0 aliphatic rings. The molecule has 0 saturated carbocycles. The number of H-pyrrole nitrogens is 1. The summed E-state index contributed by atoms with van der Waals surface area (Å²) in [5, 5.41) is 11.0. The number of rotatable bonds is 5. The molecule has 3 rings (SSSR count). The maximum atomic E-state index is 5.87. The van der Waals surface area contributed by atoms with Crippen LogP contribution in [-0.4, -0.2) is 30.5 Å². The van der Waals surface area contributed by atoms with E-state index in [1.807, 2.05) is 24.3 Å². The van der Waals surface area contributed by atoms with Crippen LogP contribution in [0.1, 0.15) is 11.9 Å². The predicted octanol–water partition coefficient (Wildman–Crippen LogP) is 2.93. The fourth-order valence-electron chi connectivity index (χ4n) is 1.79. The van der Waals surface area contributed by atoms with Gasteiger partial charge in [-0.05, 0) is 24.3 Å². The van der Waals surface area contributed by atoms with Crippen molar-refractivity contribution in [3.8, 4) is 11.5 Å². The topological polar surface area (TPSA) is 105 Å². The third-order valence-electron chi connectivity index (χ3n) is 2.84. The fourth-order valence-corrected chi connectivity index (χ4v) is 2.33. The van der Waals surface area contributed by atoms with Gasteiger partial charge in [0.15, 0.2) is 0 Å². The van der Waals surface area contributed by atoms with Crippen molar-refractivity contribution >= 4 is 53.8 Å². The lowest BCUT2D eigenvalue weighted by Gasteiger charge is -2.15. The number of nitrogens with one attached hydrogen (secondary N) is 2. The minimum Gasteiger partial charge on any atom is -0.374 e. The second-order valence-corrected chi connectivity index (χ2v) is 5.27. The van der Waals surface area contributed by atoms with E-state index >= 15 is 0 Å². The Hall–Kier alpha value is -1.45. The summed E-state index contributed by atoms with van der Waals surface area (Å²) in [5.74, 6) is 1.16. The fraction of sp³-hybridized carbons (Fsp3) is 0.167. The van der Waals surface area contributed by atoms with Gasteiger partial charge in [-0.1, -0.05) is 11.6 Å². The number of hydrogen-bond acceptors (Lipinski definition) is 7. The van der Waals surface area contributed by atoms with Crippen LogP contribution < -0.4 is 11.1 Å². The van der Waals surface area contributed by atoms with Crippen LogP contribution in [0.25, 0.3) is 11.5 Å². The zero-order chi connectivity index (χ0) is 14.7. The molecule has 0 aliphatic carbocycles. The van der Waals surface area contributed by atoms with E-state index in [0.29, 0.717) is 28.9 Å². The number of benzene rings is 1. The number of hydrogen-bond donors (Lipinski definition) is 3. The van der Waals surface area contributed by atoms with Crippen molar-refractivity contribution in [2.45, 2.75) is 6.04 Å². The van der Waals surface area contributed by atoms with Gasteiger partial charge >= 0.3 is 0 Å². The first-order valence-electron chi connectivity index (χ1n) is 6.18. The van der Waals surface area contributed by atoms with Crippen LogP contribution >= 0.6 is 48.1 Å². The van der Waals surface area contributed by atoms with Gasteiger partial charge in [-0.25, -0.2) is 4.98 Å². The Kier molecular flexibility index (Phi) is 7.66. The molecular formula is C12H14Cl3N7S. The minimum absolute atomic E-state index is 0. The van der Waals surface area contributed by atoms with Gasteiger partial charge in [-0.15, -0.1) is 24.8 Å². The molecule has 7 nitrogen and oxygen atoms in total. The SMILES string of the molecule is Cl.Cl.NCC(Nc1ccc(Cl)cc1)c1nc(-c2cnsn2)n[nH]1. The van der Waals surface area contributed by atoms with Crippen LogP contribution in [0, 0.1) is 0 Å². The van der Waals surface area contributed by atoms with Crippen LogP contribution in [-0.2, 0) is 0 Å². The van der Waals surface area contributed by atoms with Gasteiger partial charge in [-0.3, -0.25) is 5.10 Å². The monoisotopic (exact) mass is 393 g/mol. The van der Waals surface area contributed by atoms with E-state index in [9.17, 15) is 0 Å². The second-order valence-electron chi connectivity index (χ2n) is 4.28. The van der Waals surface area contributed by atoms with Crippen LogP contribution in [0.15, 0.2) is 30.5 Å². The van der Waals surface area contributed by atoms with Gasteiger partial charge in [0, 0.05) is 17.3 Å². The molecule has 124 valence electrons. The normalized spacial score (nSPS) is 11.2. The van der Waals surface area contributed by atoms with Crippen molar-refractivity contribution < 1.29 is 0 Å². The molecular weight excluding hydrogens is 381 g/mol. The van der Waals surface area contributed by atoms with E-state index in [0.717, 1.165) is 17.4 Å². The third-order valence-corrected chi connectivity index (χ3v) is 3.57. The van der Waals surface area contributed by atoms with Crippen molar-refractivity contribution in [3.05, 3.63) is 41.3 Å². The highest BCUT2D eigenvalue weighted by Gasteiger charge is 2.16. The van der Waals surface area contributed by atoms with Gasteiger partial charge in [0.25, 0.3) is 0 Å². The first kappa shape index (κ1) is 19.6. The Morgan fingerprint density at radius 2 is 2.00 bits per heavy atom. The van der Waals surface area contributed by atoms with E-state index in [-0.39, 0.29) is 30.9 Å². The van der Waals surface area contributed by atoms with Crippen LogP contribution in [0.4, 0.5) is 5.69 Å². The molecule has 2 aromatic heterocycles. The predicted molar refractivity (Wildman–Crippen MR) is 96.7 cm³/mol. The molecule has 1 aromatic carbocycles. The molecule has 1 atom stereocenters. The summed E-state index contributed by atoms with van der Waals surface area (Å²) in [7, 11) is 0. The van der Waals surface area contributed by atoms with Gasteiger partial charge in [-0.2, -0.15) is 13.8 Å². The highest BCUT2D eigenvalue weighted by molar-refractivity contribution is 6.99. The van der Waals surface area contributed by atoms with Crippen molar-refractivity contribution in [1.82, 2.24) is 23.9 Å². The van der Waals surface area contributed by atoms with Crippen molar-refractivity contribution in [2.24, 2.45) is 5.73 Å². The van der Waals surface area contributed by atoms with Gasteiger partial charge in [0.1, 0.15) is 11.5 Å². The molecule has 0 saturated heterocycles. The maximum Gasteiger partial charge on any atom is 0.202 e. The molecule has 0 bridgehead atoms. The van der Waals surface area contributed by atoms with Crippen LogP contribution in [0.2, 0.25) is 5.02 Å². The number of nitrogens with zero attached hydrogens (tertiary/aromatic N) is 4. The molecule has 4 N–H and O–H groups in total. The standard InChI is InChI=1S/C12H12ClN7S.2ClH/c13-7-1-3-8(4-2-7)16-9(5-14)11-17-12(19-18-11)10-6-15-21-20-10;;/h1-4,6,9,16H,5,14H2,(H,17,18,19);2*1H. The van der Waals surface area contributed by atoms with Crippen molar-refractivity contribution in [2.75, 3.05) is 11.9 Å². The van der Waals surface area contributed by atoms with Crippen LogP contribution in [0.3, 0.4) is 0 Å². The van der Waals surface area contributed by atoms with E-state index in [4.69, 9.17) is 17.3 Å². The molecule has 11 heteroatoms.